The van der Waals surface area contributed by atoms with Gasteiger partial charge in [-0.1, -0.05) is 53.8 Å². The van der Waals surface area contributed by atoms with Crippen molar-refractivity contribution in [3.05, 3.63) is 76.9 Å². The fraction of sp³-hybridized carbons (Fsp3) is 0.136. The Morgan fingerprint density at radius 1 is 0.968 bits per heavy atom. The highest BCUT2D eigenvalue weighted by atomic mass is 32.2. The Morgan fingerprint density at radius 3 is 2.55 bits per heavy atom. The van der Waals surface area contributed by atoms with E-state index in [-0.39, 0.29) is 15.4 Å². The average Bonchev–Trinajstić information content (AvgIpc) is 3.39. The first kappa shape index (κ1) is 19.7. The molecule has 1 aromatic heterocycles. The summed E-state index contributed by atoms with van der Waals surface area (Å²) in [5.74, 6) is -0.362. The van der Waals surface area contributed by atoms with Crippen molar-refractivity contribution in [3.8, 4) is 0 Å². The first-order valence-corrected chi connectivity index (χ1v) is 12.0. The van der Waals surface area contributed by atoms with E-state index in [2.05, 4.69) is 26.3 Å². The van der Waals surface area contributed by atoms with Gasteiger partial charge in [-0.3, -0.25) is 14.8 Å². The Hall–Kier alpha value is -3.30. The molecule has 0 atom stereocenters. The SMILES string of the molecule is Cc1ccccc1C(=O)Nc1nnc(S(=O)(=O)Nc2ccc3c4c(cccc24)CC3)s1. The molecule has 1 aliphatic carbocycles. The van der Waals surface area contributed by atoms with Crippen LogP contribution in [0.25, 0.3) is 10.8 Å². The van der Waals surface area contributed by atoms with E-state index in [9.17, 15) is 13.2 Å². The second-order valence-corrected chi connectivity index (χ2v) is 10.2. The van der Waals surface area contributed by atoms with Crippen LogP contribution < -0.4 is 10.0 Å². The number of nitrogens with one attached hydrogen (secondary N) is 2. The summed E-state index contributed by atoms with van der Waals surface area (Å²) in [6.07, 6.45) is 1.92. The summed E-state index contributed by atoms with van der Waals surface area (Å²) in [5, 5.41) is 12.3. The van der Waals surface area contributed by atoms with Gasteiger partial charge in [0, 0.05) is 10.9 Å². The van der Waals surface area contributed by atoms with Gasteiger partial charge in [-0.05, 0) is 54.0 Å². The number of hydrogen-bond acceptors (Lipinski definition) is 6. The summed E-state index contributed by atoms with van der Waals surface area (Å²) >= 11 is 0.807. The third-order valence-corrected chi connectivity index (χ3v) is 7.94. The maximum absolute atomic E-state index is 12.9. The van der Waals surface area contributed by atoms with E-state index < -0.39 is 10.0 Å². The molecule has 0 fully saturated rings. The zero-order valence-corrected chi connectivity index (χ0v) is 18.2. The number of nitrogens with zero attached hydrogens (tertiary/aromatic N) is 2. The number of rotatable bonds is 5. The standard InChI is InChI=1S/C22H18N4O3S2/c1-13-5-2-3-7-16(13)20(27)23-21-24-25-22(30-21)31(28,29)26-18-12-11-15-10-9-14-6-4-8-17(18)19(14)15/h2-8,11-12,26H,9-10H2,1H3,(H,23,24,27). The first-order chi connectivity index (χ1) is 14.9. The third kappa shape index (κ3) is 3.55. The zero-order valence-electron chi connectivity index (χ0n) is 16.5. The van der Waals surface area contributed by atoms with Crippen molar-refractivity contribution in [3.63, 3.8) is 0 Å². The molecule has 3 aromatic carbocycles. The average molecular weight is 451 g/mol. The van der Waals surface area contributed by atoms with Crippen LogP contribution in [0.1, 0.15) is 27.0 Å². The predicted molar refractivity (Wildman–Crippen MR) is 121 cm³/mol. The van der Waals surface area contributed by atoms with Crippen LogP contribution in [0.5, 0.6) is 0 Å². The van der Waals surface area contributed by atoms with Crippen molar-refractivity contribution in [1.29, 1.82) is 0 Å². The van der Waals surface area contributed by atoms with Crippen LogP contribution in [0.2, 0.25) is 0 Å². The van der Waals surface area contributed by atoms with E-state index in [1.54, 1.807) is 18.2 Å². The first-order valence-electron chi connectivity index (χ1n) is 9.69. The van der Waals surface area contributed by atoms with Crippen LogP contribution in [-0.4, -0.2) is 24.5 Å². The number of benzene rings is 3. The molecule has 0 saturated carbocycles. The number of sulfonamides is 1. The van der Waals surface area contributed by atoms with E-state index in [4.69, 9.17) is 0 Å². The monoisotopic (exact) mass is 450 g/mol. The van der Waals surface area contributed by atoms with Crippen LogP contribution in [0.3, 0.4) is 0 Å². The molecular weight excluding hydrogens is 432 g/mol. The highest BCUT2D eigenvalue weighted by molar-refractivity contribution is 7.94. The van der Waals surface area contributed by atoms with Crippen molar-refractivity contribution < 1.29 is 13.2 Å². The van der Waals surface area contributed by atoms with Crippen LogP contribution in [-0.2, 0) is 22.9 Å². The molecule has 0 aliphatic heterocycles. The van der Waals surface area contributed by atoms with Crippen LogP contribution in [0.15, 0.2) is 58.9 Å². The Kier molecular flexibility index (Phi) is 4.71. The van der Waals surface area contributed by atoms with Gasteiger partial charge in [-0.25, -0.2) is 0 Å². The molecule has 2 N–H and O–H groups in total. The van der Waals surface area contributed by atoms with E-state index in [1.165, 1.54) is 11.1 Å². The van der Waals surface area contributed by atoms with Gasteiger partial charge in [-0.2, -0.15) is 8.42 Å². The van der Waals surface area contributed by atoms with Crippen LogP contribution in [0.4, 0.5) is 10.8 Å². The molecule has 0 radical (unpaired) electrons. The van der Waals surface area contributed by atoms with Gasteiger partial charge in [-0.15, -0.1) is 10.2 Å². The van der Waals surface area contributed by atoms with Crippen LogP contribution >= 0.6 is 11.3 Å². The lowest BCUT2D eigenvalue weighted by Crippen LogP contribution is -2.13. The van der Waals surface area contributed by atoms with Crippen molar-refractivity contribution in [2.45, 2.75) is 24.1 Å². The number of amides is 1. The molecule has 0 spiro atoms. The molecule has 156 valence electrons. The van der Waals surface area contributed by atoms with Gasteiger partial charge in [0.2, 0.25) is 5.13 Å². The van der Waals surface area contributed by atoms with Gasteiger partial charge in [0.25, 0.3) is 20.3 Å². The molecule has 1 aliphatic rings. The highest BCUT2D eigenvalue weighted by Crippen LogP contribution is 2.36. The predicted octanol–water partition coefficient (Wildman–Crippen LogP) is 4.15. The van der Waals surface area contributed by atoms with E-state index in [0.29, 0.717) is 11.3 Å². The van der Waals surface area contributed by atoms with Crippen molar-refractivity contribution in [2.24, 2.45) is 0 Å². The molecule has 31 heavy (non-hydrogen) atoms. The Balaban J connectivity index is 1.41. The largest absolute Gasteiger partial charge is 0.296 e. The quantitative estimate of drug-likeness (QED) is 0.445. The molecular formula is C22H18N4O3S2. The van der Waals surface area contributed by atoms with Gasteiger partial charge < -0.3 is 0 Å². The second-order valence-electron chi connectivity index (χ2n) is 7.36. The van der Waals surface area contributed by atoms with Crippen molar-refractivity contribution in [2.75, 3.05) is 10.0 Å². The summed E-state index contributed by atoms with van der Waals surface area (Å²) < 4.78 is 28.3. The number of hydrogen-bond donors (Lipinski definition) is 2. The van der Waals surface area contributed by atoms with E-state index in [0.717, 1.165) is 40.5 Å². The lowest BCUT2D eigenvalue weighted by molar-refractivity contribution is 0.102. The summed E-state index contributed by atoms with van der Waals surface area (Å²) in [7, 11) is -3.95. The van der Waals surface area contributed by atoms with Gasteiger partial charge in [0.1, 0.15) is 0 Å². The fourth-order valence-electron chi connectivity index (χ4n) is 3.89. The normalized spacial score (nSPS) is 12.8. The van der Waals surface area contributed by atoms with E-state index in [1.807, 2.05) is 37.3 Å². The molecule has 0 bridgehead atoms. The smallest absolute Gasteiger partial charge is 0.291 e. The molecule has 9 heteroatoms. The van der Waals surface area contributed by atoms with Gasteiger partial charge in [0.05, 0.1) is 5.69 Å². The van der Waals surface area contributed by atoms with Gasteiger partial charge in [0.15, 0.2) is 0 Å². The van der Waals surface area contributed by atoms with Crippen molar-refractivity contribution in [1.82, 2.24) is 10.2 Å². The minimum Gasteiger partial charge on any atom is -0.296 e. The van der Waals surface area contributed by atoms with Gasteiger partial charge >= 0.3 is 0 Å². The minimum absolute atomic E-state index is 0.119. The number of aromatic nitrogens is 2. The summed E-state index contributed by atoms with van der Waals surface area (Å²) in [6, 6.07) is 16.8. The molecule has 1 heterocycles. The topological polar surface area (TPSA) is 101 Å². The maximum atomic E-state index is 12.9. The maximum Gasteiger partial charge on any atom is 0.291 e. The number of aryl methyl sites for hydroxylation is 3. The Morgan fingerprint density at radius 2 is 1.74 bits per heavy atom. The highest BCUT2D eigenvalue weighted by Gasteiger charge is 2.24. The molecule has 0 saturated heterocycles. The Labute approximate surface area is 183 Å². The number of carbonyl (C=O) groups excluding carboxylic acids is 1. The summed E-state index contributed by atoms with van der Waals surface area (Å²) in [4.78, 5) is 12.5. The fourth-order valence-corrected chi connectivity index (χ4v) is 5.86. The van der Waals surface area contributed by atoms with E-state index >= 15 is 0 Å². The molecule has 5 rings (SSSR count). The molecule has 7 nitrogen and oxygen atoms in total. The zero-order chi connectivity index (χ0) is 21.6. The molecule has 4 aromatic rings. The minimum atomic E-state index is -3.95. The summed E-state index contributed by atoms with van der Waals surface area (Å²) in [5.41, 5.74) is 4.26. The lowest BCUT2D eigenvalue weighted by atomic mass is 10.0. The number of anilines is 2. The summed E-state index contributed by atoms with van der Waals surface area (Å²) in [6.45, 7) is 1.83. The van der Waals surface area contributed by atoms with Crippen LogP contribution in [0, 0.1) is 6.92 Å². The number of carbonyl (C=O) groups is 1. The third-order valence-electron chi connectivity index (χ3n) is 5.37. The molecule has 0 unspecified atom stereocenters. The molecule has 1 amide bonds. The lowest BCUT2D eigenvalue weighted by Gasteiger charge is -2.10. The second kappa shape index (κ2) is 7.44. The van der Waals surface area contributed by atoms with Crippen molar-refractivity contribution >= 4 is 48.9 Å². The Bertz CT molecular complexity index is 1430.